The van der Waals surface area contributed by atoms with Crippen LogP contribution >= 0.6 is 0 Å². The van der Waals surface area contributed by atoms with Crippen LogP contribution in [-0.4, -0.2) is 55.3 Å². The number of ether oxygens (including phenoxy) is 2. The average Bonchev–Trinajstić information content (AvgIpc) is 2.41. The number of hydrogen-bond donors (Lipinski definition) is 2. The first-order valence-electron chi connectivity index (χ1n) is 6.46. The predicted molar refractivity (Wildman–Crippen MR) is 78.0 cm³/mol. The third-order valence-electron chi connectivity index (χ3n) is 2.84. The molecule has 2 N–H and O–H groups in total. The zero-order valence-electron chi connectivity index (χ0n) is 12.3. The number of aryl methyl sites for hydroxylation is 1. The molecule has 0 saturated heterocycles. The number of methoxy groups -OCH3 is 1. The summed E-state index contributed by atoms with van der Waals surface area (Å²) < 4.78 is 42.3. The first-order valence-corrected chi connectivity index (χ1v) is 7.85. The minimum atomic E-state index is -4.32. The van der Waals surface area contributed by atoms with Gasteiger partial charge in [0.05, 0.1) is 7.11 Å². The van der Waals surface area contributed by atoms with Crippen LogP contribution in [0.4, 0.5) is 0 Å². The minimum Gasteiger partial charge on any atom is -0.493 e. The predicted octanol–water partition coefficient (Wildman–Crippen LogP) is 0.868. The van der Waals surface area contributed by atoms with Crippen molar-refractivity contribution in [3.8, 4) is 11.5 Å². The molecule has 0 aliphatic heterocycles. The van der Waals surface area contributed by atoms with Crippen molar-refractivity contribution in [2.75, 3.05) is 26.8 Å². The summed E-state index contributed by atoms with van der Waals surface area (Å²) in [6, 6.07) is 5.33. The molecule has 0 aromatic heterocycles. The first kappa shape index (κ1) is 17.7. The molecule has 0 fully saturated rings. The number of likely N-dealkylation sites (N-methyl/N-ethyl adjacent to an activating group) is 1. The maximum atomic E-state index is 11.0. The number of aliphatic hydroxyl groups excluding tert-OH is 1. The van der Waals surface area contributed by atoms with E-state index in [1.54, 1.807) is 19.1 Å². The van der Waals surface area contributed by atoms with E-state index in [1.165, 1.54) is 7.11 Å². The second-order valence-corrected chi connectivity index (χ2v) is 5.96. The summed E-state index contributed by atoms with van der Waals surface area (Å²) in [5.74, 6) is 0.987. The van der Waals surface area contributed by atoms with Crippen molar-refractivity contribution in [1.29, 1.82) is 0 Å². The summed E-state index contributed by atoms with van der Waals surface area (Å²) in [6.07, 6.45) is -1.07. The summed E-state index contributed by atoms with van der Waals surface area (Å²) in [7, 11) is -2.81. The highest BCUT2D eigenvalue weighted by molar-refractivity contribution is 7.83. The van der Waals surface area contributed by atoms with Crippen LogP contribution in [0, 0.1) is 6.92 Å². The molecule has 120 valence electrons. The van der Waals surface area contributed by atoms with Gasteiger partial charge >= 0.3 is 10.3 Å². The number of aliphatic hydroxyl groups is 1. The maximum Gasteiger partial charge on any atom is 0.335 e. The van der Waals surface area contributed by atoms with Gasteiger partial charge in [-0.05, 0) is 24.6 Å². The van der Waals surface area contributed by atoms with Crippen LogP contribution in [-0.2, 0) is 10.3 Å². The van der Waals surface area contributed by atoms with Gasteiger partial charge in [-0.2, -0.15) is 12.7 Å². The molecule has 0 heterocycles. The molecule has 8 heteroatoms. The highest BCUT2D eigenvalue weighted by Crippen LogP contribution is 2.27. The average molecular weight is 319 g/mol. The fourth-order valence-corrected chi connectivity index (χ4v) is 2.44. The van der Waals surface area contributed by atoms with E-state index in [0.29, 0.717) is 11.5 Å². The van der Waals surface area contributed by atoms with Crippen molar-refractivity contribution in [1.82, 2.24) is 4.31 Å². The Kier molecular flexibility index (Phi) is 6.41. The van der Waals surface area contributed by atoms with Crippen molar-refractivity contribution in [2.45, 2.75) is 20.0 Å². The van der Waals surface area contributed by atoms with Crippen LogP contribution in [0.15, 0.2) is 18.2 Å². The summed E-state index contributed by atoms with van der Waals surface area (Å²) in [4.78, 5) is 0. The zero-order chi connectivity index (χ0) is 16.0. The summed E-state index contributed by atoms with van der Waals surface area (Å²) in [5, 5.41) is 9.81. The van der Waals surface area contributed by atoms with E-state index in [-0.39, 0.29) is 19.7 Å². The molecule has 1 rings (SSSR count). The lowest BCUT2D eigenvalue weighted by Gasteiger charge is -2.20. The van der Waals surface area contributed by atoms with Gasteiger partial charge in [0.25, 0.3) is 0 Å². The standard InChI is InChI=1S/C13H21NO6S/c1-4-14(21(16,17)18)8-11(15)9-20-12-6-5-10(2)7-13(12)19-3/h5-7,11,15H,4,8-9H2,1-3H3,(H,16,17,18)/t11-/m0/s1. The number of benzene rings is 1. The van der Waals surface area contributed by atoms with E-state index < -0.39 is 16.4 Å². The van der Waals surface area contributed by atoms with Crippen LogP contribution in [0.1, 0.15) is 12.5 Å². The van der Waals surface area contributed by atoms with Crippen LogP contribution < -0.4 is 9.47 Å². The molecular weight excluding hydrogens is 298 g/mol. The van der Waals surface area contributed by atoms with Gasteiger partial charge in [0, 0.05) is 13.1 Å². The molecule has 0 aliphatic rings. The van der Waals surface area contributed by atoms with Crippen LogP contribution in [0.3, 0.4) is 0 Å². The van der Waals surface area contributed by atoms with Crippen molar-refractivity contribution in [3.63, 3.8) is 0 Å². The molecule has 1 atom stereocenters. The molecule has 7 nitrogen and oxygen atoms in total. The Morgan fingerprint density at radius 3 is 2.52 bits per heavy atom. The molecule has 0 amide bonds. The molecule has 21 heavy (non-hydrogen) atoms. The second kappa shape index (κ2) is 7.60. The van der Waals surface area contributed by atoms with Crippen LogP contribution in [0.5, 0.6) is 11.5 Å². The van der Waals surface area contributed by atoms with E-state index >= 15 is 0 Å². The zero-order valence-corrected chi connectivity index (χ0v) is 13.1. The Labute approximate surface area is 125 Å². The quantitative estimate of drug-likeness (QED) is 0.690. The lowest BCUT2D eigenvalue weighted by molar-refractivity contribution is 0.0868. The largest absolute Gasteiger partial charge is 0.493 e. The molecule has 0 radical (unpaired) electrons. The van der Waals surface area contributed by atoms with E-state index in [4.69, 9.17) is 14.0 Å². The first-order chi connectivity index (χ1) is 9.77. The Morgan fingerprint density at radius 1 is 1.33 bits per heavy atom. The molecule has 1 aromatic rings. The Morgan fingerprint density at radius 2 is 2.00 bits per heavy atom. The van der Waals surface area contributed by atoms with Crippen molar-refractivity contribution >= 4 is 10.3 Å². The van der Waals surface area contributed by atoms with E-state index in [2.05, 4.69) is 0 Å². The van der Waals surface area contributed by atoms with Gasteiger partial charge in [-0.1, -0.05) is 13.0 Å². The molecule has 1 aromatic carbocycles. The van der Waals surface area contributed by atoms with Gasteiger partial charge in [0.15, 0.2) is 11.5 Å². The fraction of sp³-hybridized carbons (Fsp3) is 0.538. The van der Waals surface area contributed by atoms with Crippen LogP contribution in [0.2, 0.25) is 0 Å². The Hall–Kier alpha value is -1.35. The minimum absolute atomic E-state index is 0.0593. The van der Waals surface area contributed by atoms with Gasteiger partial charge < -0.3 is 14.6 Å². The smallest absolute Gasteiger partial charge is 0.335 e. The number of hydrogen-bond acceptors (Lipinski definition) is 5. The van der Waals surface area contributed by atoms with Gasteiger partial charge in [0.1, 0.15) is 12.7 Å². The number of nitrogens with zero attached hydrogens (tertiary/aromatic N) is 1. The SMILES string of the molecule is CCN(C[C@H](O)COc1ccc(C)cc1OC)S(=O)(=O)O. The number of rotatable bonds is 8. The molecular formula is C13H21NO6S. The third-order valence-corrected chi connectivity index (χ3v) is 3.90. The summed E-state index contributed by atoms with van der Waals surface area (Å²) in [6.45, 7) is 3.16. The Balaban J connectivity index is 2.63. The second-order valence-electron chi connectivity index (χ2n) is 4.55. The molecule has 0 aliphatic carbocycles. The fourth-order valence-electron chi connectivity index (χ4n) is 1.75. The van der Waals surface area contributed by atoms with Crippen molar-refractivity contribution < 1.29 is 27.6 Å². The van der Waals surface area contributed by atoms with Gasteiger partial charge in [-0.25, -0.2) is 0 Å². The molecule has 0 saturated carbocycles. The molecule has 0 unspecified atom stereocenters. The van der Waals surface area contributed by atoms with Crippen molar-refractivity contribution in [2.24, 2.45) is 0 Å². The van der Waals surface area contributed by atoms with E-state index in [1.807, 2.05) is 13.0 Å². The summed E-state index contributed by atoms with van der Waals surface area (Å²) in [5.41, 5.74) is 1.00. The van der Waals surface area contributed by atoms with Gasteiger partial charge in [-0.15, -0.1) is 0 Å². The maximum absolute atomic E-state index is 11.0. The summed E-state index contributed by atoms with van der Waals surface area (Å²) >= 11 is 0. The highest BCUT2D eigenvalue weighted by atomic mass is 32.2. The monoisotopic (exact) mass is 319 g/mol. The Bertz CT molecular complexity index is 560. The normalized spacial score (nSPS) is 13.2. The topological polar surface area (TPSA) is 96.3 Å². The highest BCUT2D eigenvalue weighted by Gasteiger charge is 2.21. The lowest BCUT2D eigenvalue weighted by atomic mass is 10.2. The molecule has 0 bridgehead atoms. The third kappa shape index (κ3) is 5.50. The van der Waals surface area contributed by atoms with E-state index in [0.717, 1.165) is 9.87 Å². The van der Waals surface area contributed by atoms with Crippen molar-refractivity contribution in [3.05, 3.63) is 23.8 Å². The van der Waals surface area contributed by atoms with Crippen LogP contribution in [0.25, 0.3) is 0 Å². The van der Waals surface area contributed by atoms with Gasteiger partial charge in [-0.3, -0.25) is 4.55 Å². The van der Waals surface area contributed by atoms with Gasteiger partial charge in [0.2, 0.25) is 0 Å². The van der Waals surface area contributed by atoms with E-state index in [9.17, 15) is 13.5 Å². The lowest BCUT2D eigenvalue weighted by Crippen LogP contribution is -2.39. The molecule has 0 spiro atoms.